The van der Waals surface area contributed by atoms with Crippen molar-refractivity contribution in [2.24, 2.45) is 10.8 Å². The van der Waals surface area contributed by atoms with Crippen molar-refractivity contribution in [1.29, 1.82) is 0 Å². The molecular weight excluding hydrogens is 620 g/mol. The number of hydrogen-bond acceptors (Lipinski definition) is 11. The van der Waals surface area contributed by atoms with E-state index in [4.69, 9.17) is 23.7 Å². The summed E-state index contributed by atoms with van der Waals surface area (Å²) in [6.45, 7) is 20.4. The molecule has 0 saturated heterocycles. The molecule has 0 bridgehead atoms. The lowest BCUT2D eigenvalue weighted by molar-refractivity contribution is -0.158. The van der Waals surface area contributed by atoms with Crippen LogP contribution in [0.2, 0.25) is 0 Å². The first kappa shape index (κ1) is 43.5. The number of ketones is 1. The molecule has 0 fully saturated rings. The van der Waals surface area contributed by atoms with Gasteiger partial charge in [0.2, 0.25) is 0 Å². The Labute approximate surface area is 284 Å². The van der Waals surface area contributed by atoms with Gasteiger partial charge in [0, 0.05) is 49.0 Å². The molecule has 0 heterocycles. The normalized spacial score (nSPS) is 10.8. The van der Waals surface area contributed by atoms with E-state index in [-0.39, 0.29) is 58.1 Å². The van der Waals surface area contributed by atoms with Crippen molar-refractivity contribution in [3.63, 3.8) is 0 Å². The number of esters is 5. The van der Waals surface area contributed by atoms with Gasteiger partial charge >= 0.3 is 29.8 Å². The largest absolute Gasteiger partial charge is 0.465 e. The van der Waals surface area contributed by atoms with Crippen molar-refractivity contribution in [3.05, 3.63) is 75.9 Å². The van der Waals surface area contributed by atoms with E-state index in [1.165, 1.54) is 0 Å². The van der Waals surface area contributed by atoms with Crippen molar-refractivity contribution < 1.29 is 52.5 Å². The Morgan fingerprint density at radius 2 is 0.792 bits per heavy atom. The minimum Gasteiger partial charge on any atom is -0.465 e. The Hall–Kier alpha value is -4.54. The first-order valence-electron chi connectivity index (χ1n) is 16.0. The van der Waals surface area contributed by atoms with E-state index < -0.39 is 40.7 Å². The van der Waals surface area contributed by atoms with Crippen LogP contribution in [0.25, 0.3) is 0 Å². The molecule has 0 aromatic rings. The molecule has 0 aliphatic heterocycles. The fourth-order valence-electron chi connectivity index (χ4n) is 4.59. The van der Waals surface area contributed by atoms with Crippen LogP contribution in [0.4, 0.5) is 0 Å². The summed E-state index contributed by atoms with van der Waals surface area (Å²) in [5.41, 5.74) is -1.80. The minimum absolute atomic E-state index is 0.0544. The lowest BCUT2D eigenvalue weighted by Gasteiger charge is -2.31. The molecule has 11 nitrogen and oxygen atoms in total. The molecule has 0 aliphatic rings. The average molecular weight is 673 g/mol. The first-order chi connectivity index (χ1) is 22.9. The van der Waals surface area contributed by atoms with Gasteiger partial charge < -0.3 is 23.7 Å². The molecule has 0 atom stereocenters. The van der Waals surface area contributed by atoms with Crippen molar-refractivity contribution in [3.8, 4) is 0 Å². The Balaban J connectivity index is 4.64. The maximum Gasteiger partial charge on any atom is 0.330 e. The molecule has 0 aliphatic carbocycles. The second-order valence-corrected chi connectivity index (χ2v) is 11.6. The van der Waals surface area contributed by atoms with Gasteiger partial charge in [-0.2, -0.15) is 0 Å². The van der Waals surface area contributed by atoms with Gasteiger partial charge in [0.15, 0.2) is 0 Å². The second kappa shape index (κ2) is 25.5. The highest BCUT2D eigenvalue weighted by Gasteiger charge is 2.35. The number of rotatable bonds is 30. The van der Waals surface area contributed by atoms with Gasteiger partial charge in [-0.1, -0.05) is 64.2 Å². The van der Waals surface area contributed by atoms with Crippen LogP contribution >= 0.6 is 0 Å². The Morgan fingerprint density at radius 1 is 0.438 bits per heavy atom. The number of carbonyl (C=O) groups excluding carboxylic acids is 6. The number of carbonyl (C=O) groups is 6. The summed E-state index contributed by atoms with van der Waals surface area (Å²) in [4.78, 5) is 71.7. The number of ether oxygens (including phenoxy) is 5. The van der Waals surface area contributed by atoms with E-state index in [1.54, 1.807) is 12.2 Å². The molecule has 0 aromatic carbocycles. The predicted octanol–water partition coefficient (Wildman–Crippen LogP) is 6.04. The van der Waals surface area contributed by atoms with Crippen molar-refractivity contribution >= 4 is 35.6 Å². The van der Waals surface area contributed by atoms with Gasteiger partial charge in [-0.25, -0.2) is 19.2 Å². The molecule has 0 radical (unpaired) electrons. The van der Waals surface area contributed by atoms with Gasteiger partial charge in [0.1, 0.15) is 38.8 Å². The van der Waals surface area contributed by atoms with Crippen LogP contribution in [0, 0.1) is 10.8 Å². The molecule has 266 valence electrons. The maximum absolute atomic E-state index is 12.7. The third-order valence-electron chi connectivity index (χ3n) is 7.46. The smallest absolute Gasteiger partial charge is 0.330 e. The van der Waals surface area contributed by atoms with E-state index in [9.17, 15) is 28.8 Å². The Bertz CT molecular complexity index is 998. The quantitative estimate of drug-likeness (QED) is 0.0289. The van der Waals surface area contributed by atoms with Crippen LogP contribution in [-0.4, -0.2) is 68.7 Å². The molecule has 0 aromatic heterocycles. The van der Waals surface area contributed by atoms with E-state index in [0.29, 0.717) is 32.1 Å². The van der Waals surface area contributed by atoms with E-state index in [0.717, 1.165) is 50.0 Å². The third kappa shape index (κ3) is 19.9. The summed E-state index contributed by atoms with van der Waals surface area (Å²) < 4.78 is 26.3. The maximum atomic E-state index is 12.7. The SMILES string of the molecule is C=CCC(CCC(=O)CCCCCCCCC(=O)OCC(CC=C)(COC(=O)C=C)COC(=O)C=C)(COC(=O)C=C)COC(=O)C=C. The van der Waals surface area contributed by atoms with Crippen molar-refractivity contribution in [2.75, 3.05) is 33.0 Å². The molecule has 0 rings (SSSR count). The topological polar surface area (TPSA) is 149 Å². The van der Waals surface area contributed by atoms with Gasteiger partial charge in [0.05, 0.1) is 5.41 Å². The van der Waals surface area contributed by atoms with Crippen LogP contribution in [0.1, 0.15) is 77.0 Å². The fourth-order valence-corrected chi connectivity index (χ4v) is 4.59. The van der Waals surface area contributed by atoms with Gasteiger partial charge in [-0.15, -0.1) is 13.2 Å². The third-order valence-corrected chi connectivity index (χ3v) is 7.46. The number of Topliss-reactive ketones (excluding diaryl/α,β-unsaturated/α-hetero) is 1. The summed E-state index contributed by atoms with van der Waals surface area (Å²) in [5.74, 6) is -2.91. The van der Waals surface area contributed by atoms with Crippen LogP contribution in [0.5, 0.6) is 0 Å². The molecule has 0 spiro atoms. The van der Waals surface area contributed by atoms with E-state index in [2.05, 4.69) is 39.5 Å². The molecule has 11 heteroatoms. The van der Waals surface area contributed by atoms with Gasteiger partial charge in [-0.3, -0.25) is 9.59 Å². The van der Waals surface area contributed by atoms with Gasteiger partial charge in [-0.05, 0) is 32.1 Å². The van der Waals surface area contributed by atoms with E-state index >= 15 is 0 Å². The average Bonchev–Trinajstić information content (AvgIpc) is 3.09. The highest BCUT2D eigenvalue weighted by atomic mass is 16.6. The minimum atomic E-state index is -1.00. The summed E-state index contributed by atoms with van der Waals surface area (Å²) in [5, 5.41) is 0. The molecular formula is C37H52O11. The second-order valence-electron chi connectivity index (χ2n) is 11.6. The summed E-state index contributed by atoms with van der Waals surface area (Å²) >= 11 is 0. The number of unbranched alkanes of at least 4 members (excludes halogenated alkanes) is 5. The number of allylic oxidation sites excluding steroid dienone is 2. The zero-order valence-corrected chi connectivity index (χ0v) is 28.2. The van der Waals surface area contributed by atoms with Gasteiger partial charge in [0.25, 0.3) is 0 Å². The van der Waals surface area contributed by atoms with Crippen LogP contribution in [-0.2, 0) is 52.5 Å². The highest BCUT2D eigenvalue weighted by Crippen LogP contribution is 2.31. The molecule has 0 unspecified atom stereocenters. The van der Waals surface area contributed by atoms with Crippen LogP contribution < -0.4 is 0 Å². The fraction of sp³-hybridized carbons (Fsp3) is 0.514. The summed E-state index contributed by atoms with van der Waals surface area (Å²) in [6, 6.07) is 0. The lowest BCUT2D eigenvalue weighted by atomic mass is 9.80. The highest BCUT2D eigenvalue weighted by molar-refractivity contribution is 5.82. The molecule has 0 amide bonds. The monoisotopic (exact) mass is 672 g/mol. The molecule has 48 heavy (non-hydrogen) atoms. The van der Waals surface area contributed by atoms with Crippen LogP contribution in [0.3, 0.4) is 0 Å². The Morgan fingerprint density at radius 3 is 1.21 bits per heavy atom. The molecule has 0 saturated carbocycles. The number of hydrogen-bond donors (Lipinski definition) is 0. The predicted molar refractivity (Wildman–Crippen MR) is 181 cm³/mol. The summed E-state index contributed by atoms with van der Waals surface area (Å²) in [7, 11) is 0. The van der Waals surface area contributed by atoms with Crippen molar-refractivity contribution in [2.45, 2.75) is 77.0 Å². The lowest BCUT2D eigenvalue weighted by Crippen LogP contribution is -2.39. The Kier molecular flexibility index (Phi) is 23.1. The first-order valence-corrected chi connectivity index (χ1v) is 16.0. The zero-order chi connectivity index (χ0) is 36.3. The van der Waals surface area contributed by atoms with Crippen LogP contribution in [0.15, 0.2) is 75.9 Å². The van der Waals surface area contributed by atoms with E-state index in [1.807, 2.05) is 0 Å². The van der Waals surface area contributed by atoms with Crippen molar-refractivity contribution in [1.82, 2.24) is 0 Å². The zero-order valence-electron chi connectivity index (χ0n) is 28.2. The summed E-state index contributed by atoms with van der Waals surface area (Å²) in [6.07, 6.45) is 13.8. The molecule has 0 N–H and O–H groups in total. The standard InChI is InChI=1S/C37H52O11/c1-7-22-36(25-44-31(39)9-3,26-45-32(40)10-4)24-21-30(38)19-17-15-13-14-16-18-20-35(43)48-29-37(23-8-2,27-46-33(41)11-5)28-47-34(42)12-6/h7-12H,1-6,13-29H2.